The van der Waals surface area contributed by atoms with Gasteiger partial charge in [-0.05, 0) is 59.7 Å². The van der Waals surface area contributed by atoms with Crippen LogP contribution in [0.1, 0.15) is 30.0 Å². The number of allylic oxidation sites excluding steroid dienone is 1. The molecule has 3 aromatic rings. The van der Waals surface area contributed by atoms with E-state index in [1.165, 1.54) is 0 Å². The van der Waals surface area contributed by atoms with E-state index in [1.807, 2.05) is 85.8 Å². The predicted molar refractivity (Wildman–Crippen MR) is 142 cm³/mol. The molecule has 0 N–H and O–H groups in total. The smallest absolute Gasteiger partial charge is 0.218 e. The molecule has 0 aliphatic rings. The minimum atomic E-state index is -3.69. The van der Waals surface area contributed by atoms with Gasteiger partial charge in [-0.2, -0.15) is 4.31 Å². The van der Waals surface area contributed by atoms with Crippen LogP contribution in [0.15, 0.2) is 91.5 Å². The largest absolute Gasteiger partial charge is 0.497 e. The zero-order valence-electron chi connectivity index (χ0n) is 20.8. The van der Waals surface area contributed by atoms with E-state index >= 15 is 0 Å². The first kappa shape index (κ1) is 26.5. The van der Waals surface area contributed by atoms with Crippen LogP contribution in [0.25, 0.3) is 0 Å². The van der Waals surface area contributed by atoms with Crippen molar-refractivity contribution in [2.45, 2.75) is 38.1 Å². The van der Waals surface area contributed by atoms with E-state index in [2.05, 4.69) is 6.58 Å². The molecule has 0 spiro atoms. The summed E-state index contributed by atoms with van der Waals surface area (Å²) >= 11 is 0. The van der Waals surface area contributed by atoms with Crippen LogP contribution in [0, 0.1) is 5.92 Å². The Kier molecular flexibility index (Phi) is 9.52. The van der Waals surface area contributed by atoms with Crippen LogP contribution in [-0.2, 0) is 29.5 Å². The lowest BCUT2D eigenvalue weighted by Gasteiger charge is -2.31. The molecule has 3 aromatic carbocycles. The number of benzene rings is 3. The average molecular weight is 494 g/mol. The first-order valence-electron chi connectivity index (χ1n) is 11.8. The monoisotopic (exact) mass is 493 g/mol. The highest BCUT2D eigenvalue weighted by Gasteiger charge is 2.35. The highest BCUT2D eigenvalue weighted by molar-refractivity contribution is 7.89. The summed E-state index contributed by atoms with van der Waals surface area (Å²) in [6, 6.07) is 24.9. The molecule has 0 heterocycles. The summed E-state index contributed by atoms with van der Waals surface area (Å²) in [5.41, 5.74) is 2.81. The molecular weight excluding hydrogens is 458 g/mol. The second-order valence-electron chi connectivity index (χ2n) is 8.74. The average Bonchev–Trinajstić information content (AvgIpc) is 2.88. The quantitative estimate of drug-likeness (QED) is 0.280. The molecule has 2 atom stereocenters. The zero-order chi connectivity index (χ0) is 25.3. The lowest BCUT2D eigenvalue weighted by molar-refractivity contribution is 0.377. The molecule has 0 fully saturated rings. The van der Waals surface area contributed by atoms with Crippen LogP contribution in [0.4, 0.5) is 0 Å². The van der Waals surface area contributed by atoms with Gasteiger partial charge in [-0.1, -0.05) is 67.6 Å². The van der Waals surface area contributed by atoms with Crippen molar-refractivity contribution in [3.05, 3.63) is 108 Å². The zero-order valence-corrected chi connectivity index (χ0v) is 21.6. The molecule has 5 nitrogen and oxygen atoms in total. The second kappa shape index (κ2) is 12.6. The van der Waals surface area contributed by atoms with Gasteiger partial charge < -0.3 is 9.47 Å². The van der Waals surface area contributed by atoms with E-state index in [4.69, 9.17) is 9.47 Å². The third kappa shape index (κ3) is 7.20. The summed E-state index contributed by atoms with van der Waals surface area (Å²) in [5.74, 6) is 1.38. The molecule has 0 saturated heterocycles. The van der Waals surface area contributed by atoms with Gasteiger partial charge in [0.25, 0.3) is 0 Å². The first-order valence-corrected chi connectivity index (χ1v) is 13.3. The van der Waals surface area contributed by atoms with Crippen LogP contribution in [0.5, 0.6) is 11.5 Å². The number of sulfonamides is 1. The molecule has 0 aliphatic heterocycles. The van der Waals surface area contributed by atoms with Gasteiger partial charge in [-0.15, -0.1) is 6.58 Å². The minimum absolute atomic E-state index is 0.0908. The van der Waals surface area contributed by atoms with Gasteiger partial charge in [0.05, 0.1) is 19.5 Å². The second-order valence-corrected chi connectivity index (χ2v) is 10.9. The first-order chi connectivity index (χ1) is 16.9. The van der Waals surface area contributed by atoms with Gasteiger partial charge in [0, 0.05) is 13.1 Å². The van der Waals surface area contributed by atoms with Crippen molar-refractivity contribution in [1.29, 1.82) is 0 Å². The van der Waals surface area contributed by atoms with Crippen LogP contribution < -0.4 is 9.47 Å². The standard InChI is InChI=1S/C29H35NO4S/c1-5-9-23(2)29(20-24-10-7-6-8-11-24)35(31,32)30(21-25-12-16-27(33-3)17-13-25)22-26-14-18-28(34-4)19-15-26/h5-8,10-19,23,29H,1,9,20-22H2,2-4H3/t23-,29?/m0/s1. The summed E-state index contributed by atoms with van der Waals surface area (Å²) < 4.78 is 40.6. The molecule has 35 heavy (non-hydrogen) atoms. The Morgan fingerprint density at radius 2 is 1.29 bits per heavy atom. The summed E-state index contributed by atoms with van der Waals surface area (Å²) in [6.07, 6.45) is 2.87. The molecule has 186 valence electrons. The molecule has 3 rings (SSSR count). The Bertz CT molecular complexity index is 1110. The fourth-order valence-electron chi connectivity index (χ4n) is 4.16. The Balaban J connectivity index is 1.98. The predicted octanol–water partition coefficient (Wildman–Crippen LogP) is 5.86. The van der Waals surface area contributed by atoms with Gasteiger partial charge in [0.2, 0.25) is 10.0 Å². The Hall–Kier alpha value is -3.09. The highest BCUT2D eigenvalue weighted by atomic mass is 32.2. The maximum atomic E-state index is 14.2. The maximum Gasteiger partial charge on any atom is 0.218 e. The van der Waals surface area contributed by atoms with Gasteiger partial charge in [0.15, 0.2) is 0 Å². The fourth-order valence-corrected chi connectivity index (χ4v) is 6.30. The van der Waals surface area contributed by atoms with Crippen molar-refractivity contribution in [1.82, 2.24) is 4.31 Å². The third-order valence-corrected chi connectivity index (χ3v) is 8.61. The van der Waals surface area contributed by atoms with Crippen LogP contribution >= 0.6 is 0 Å². The van der Waals surface area contributed by atoms with Crippen molar-refractivity contribution >= 4 is 10.0 Å². The number of rotatable bonds is 13. The van der Waals surface area contributed by atoms with Crippen LogP contribution in [0.3, 0.4) is 0 Å². The molecule has 0 saturated carbocycles. The minimum Gasteiger partial charge on any atom is -0.497 e. The van der Waals surface area contributed by atoms with Crippen molar-refractivity contribution in [3.63, 3.8) is 0 Å². The van der Waals surface area contributed by atoms with E-state index in [0.29, 0.717) is 12.8 Å². The van der Waals surface area contributed by atoms with Gasteiger partial charge >= 0.3 is 0 Å². The lowest BCUT2D eigenvalue weighted by atomic mass is 9.98. The topological polar surface area (TPSA) is 55.8 Å². The van der Waals surface area contributed by atoms with Crippen molar-refractivity contribution in [2.24, 2.45) is 5.92 Å². The van der Waals surface area contributed by atoms with E-state index in [9.17, 15) is 8.42 Å². The van der Waals surface area contributed by atoms with E-state index in [-0.39, 0.29) is 19.0 Å². The van der Waals surface area contributed by atoms with Gasteiger partial charge in [-0.25, -0.2) is 8.42 Å². The fraction of sp³-hybridized carbons (Fsp3) is 0.310. The molecule has 0 aliphatic carbocycles. The van der Waals surface area contributed by atoms with Crippen LogP contribution in [-0.4, -0.2) is 32.2 Å². The van der Waals surface area contributed by atoms with Crippen molar-refractivity contribution < 1.29 is 17.9 Å². The van der Waals surface area contributed by atoms with Crippen molar-refractivity contribution in [3.8, 4) is 11.5 Å². The van der Waals surface area contributed by atoms with Crippen molar-refractivity contribution in [2.75, 3.05) is 14.2 Å². The molecule has 6 heteroatoms. The van der Waals surface area contributed by atoms with Gasteiger partial charge in [0.1, 0.15) is 11.5 Å². The summed E-state index contributed by atoms with van der Waals surface area (Å²) in [5, 5.41) is -0.584. The van der Waals surface area contributed by atoms with E-state index in [0.717, 1.165) is 28.2 Å². The molecular formula is C29H35NO4S. The molecule has 0 aromatic heterocycles. The SMILES string of the molecule is C=CC[C@H](C)C(Cc1ccccc1)S(=O)(=O)N(Cc1ccc(OC)cc1)Cc1ccc(OC)cc1. The van der Waals surface area contributed by atoms with Gasteiger partial charge in [-0.3, -0.25) is 0 Å². The molecule has 0 radical (unpaired) electrons. The third-order valence-electron chi connectivity index (χ3n) is 6.23. The molecule has 1 unspecified atom stereocenters. The number of nitrogens with zero attached hydrogens (tertiary/aromatic N) is 1. The summed E-state index contributed by atoms with van der Waals surface area (Å²) in [4.78, 5) is 0. The number of hydrogen-bond donors (Lipinski definition) is 0. The number of methoxy groups -OCH3 is 2. The lowest BCUT2D eigenvalue weighted by Crippen LogP contribution is -2.42. The summed E-state index contributed by atoms with van der Waals surface area (Å²) in [7, 11) is -0.456. The molecule has 0 amide bonds. The number of ether oxygens (including phenoxy) is 2. The Labute approximate surface area is 210 Å². The van der Waals surface area contributed by atoms with E-state index in [1.54, 1.807) is 24.6 Å². The maximum absolute atomic E-state index is 14.2. The summed E-state index contributed by atoms with van der Waals surface area (Å²) in [6.45, 7) is 6.38. The van der Waals surface area contributed by atoms with E-state index < -0.39 is 15.3 Å². The van der Waals surface area contributed by atoms with Crippen LogP contribution in [0.2, 0.25) is 0 Å². The molecule has 0 bridgehead atoms. The highest BCUT2D eigenvalue weighted by Crippen LogP contribution is 2.28. The Morgan fingerprint density at radius 1 is 0.800 bits per heavy atom. The number of hydrogen-bond acceptors (Lipinski definition) is 4. The Morgan fingerprint density at radius 3 is 1.71 bits per heavy atom. The normalized spacial score (nSPS) is 13.3.